The molecule has 17 heavy (non-hydrogen) atoms. The third-order valence-electron chi connectivity index (χ3n) is 2.83. The van der Waals surface area contributed by atoms with Crippen LogP contribution in [-0.4, -0.2) is 16.9 Å². The van der Waals surface area contributed by atoms with Crippen molar-refractivity contribution in [1.29, 1.82) is 0 Å². The molecule has 1 aromatic heterocycles. The first-order chi connectivity index (χ1) is 8.31. The Bertz CT molecular complexity index is 479. The molecule has 0 fully saturated rings. The quantitative estimate of drug-likeness (QED) is 0.808. The zero-order chi connectivity index (χ0) is 12.1. The molecular formula is C14H17ClN2. The van der Waals surface area contributed by atoms with Crippen LogP contribution in [-0.2, 0) is 0 Å². The summed E-state index contributed by atoms with van der Waals surface area (Å²) in [5.41, 5.74) is 0. The van der Waals surface area contributed by atoms with E-state index >= 15 is 0 Å². The largest absolute Gasteiger partial charge is 0.367 e. The summed E-state index contributed by atoms with van der Waals surface area (Å²) >= 11 is 5.70. The maximum absolute atomic E-state index is 5.70. The Morgan fingerprint density at radius 3 is 2.94 bits per heavy atom. The van der Waals surface area contributed by atoms with Gasteiger partial charge in [0.15, 0.2) is 0 Å². The molecule has 3 heteroatoms. The maximum atomic E-state index is 5.70. The average Bonchev–Trinajstić information content (AvgIpc) is 2.37. The first kappa shape index (κ1) is 12.2. The van der Waals surface area contributed by atoms with E-state index in [0.29, 0.717) is 6.04 Å². The second kappa shape index (κ2) is 5.87. The zero-order valence-electron chi connectivity index (χ0n) is 9.99. The van der Waals surface area contributed by atoms with Crippen molar-refractivity contribution in [3.63, 3.8) is 0 Å². The summed E-state index contributed by atoms with van der Waals surface area (Å²) in [6.45, 7) is 2.16. The summed E-state index contributed by atoms with van der Waals surface area (Å²) < 4.78 is 0. The van der Waals surface area contributed by atoms with Crippen LogP contribution in [0.25, 0.3) is 10.8 Å². The lowest BCUT2D eigenvalue weighted by Gasteiger charge is -2.15. The number of halogens is 1. The van der Waals surface area contributed by atoms with Crippen LogP contribution in [0.15, 0.2) is 36.5 Å². The summed E-state index contributed by atoms with van der Waals surface area (Å²) in [4.78, 5) is 4.41. The van der Waals surface area contributed by atoms with Crippen molar-refractivity contribution in [1.82, 2.24) is 4.98 Å². The van der Waals surface area contributed by atoms with Gasteiger partial charge in [-0.1, -0.05) is 24.3 Å². The molecule has 0 bridgehead atoms. The molecule has 1 aromatic carbocycles. The third kappa shape index (κ3) is 3.10. The predicted octanol–water partition coefficient (Wildman–Crippen LogP) is 4.05. The molecule has 1 N–H and O–H groups in total. The van der Waals surface area contributed by atoms with E-state index < -0.39 is 0 Å². The van der Waals surface area contributed by atoms with E-state index in [9.17, 15) is 0 Å². The molecule has 0 saturated heterocycles. The summed E-state index contributed by atoms with van der Waals surface area (Å²) in [6.07, 6.45) is 3.94. The van der Waals surface area contributed by atoms with Crippen molar-refractivity contribution in [2.24, 2.45) is 0 Å². The van der Waals surface area contributed by atoms with Gasteiger partial charge in [0.25, 0.3) is 0 Å². The number of alkyl halides is 1. The lowest BCUT2D eigenvalue weighted by Crippen LogP contribution is -2.16. The molecule has 0 aliphatic heterocycles. The lowest BCUT2D eigenvalue weighted by atomic mass is 10.1. The number of pyridine rings is 1. The molecule has 2 nitrogen and oxygen atoms in total. The highest BCUT2D eigenvalue weighted by Crippen LogP contribution is 2.21. The number of hydrogen-bond acceptors (Lipinski definition) is 2. The third-order valence-corrected chi connectivity index (χ3v) is 3.09. The van der Waals surface area contributed by atoms with Crippen LogP contribution < -0.4 is 5.32 Å². The number of aromatic nitrogens is 1. The van der Waals surface area contributed by atoms with Crippen LogP contribution >= 0.6 is 11.6 Å². The van der Waals surface area contributed by atoms with Gasteiger partial charge in [-0.2, -0.15) is 0 Å². The van der Waals surface area contributed by atoms with E-state index in [1.54, 1.807) is 0 Å². The number of nitrogens with zero attached hydrogens (tertiary/aromatic N) is 1. The van der Waals surface area contributed by atoms with Crippen molar-refractivity contribution in [2.45, 2.75) is 25.8 Å². The topological polar surface area (TPSA) is 24.9 Å². The van der Waals surface area contributed by atoms with Crippen molar-refractivity contribution in [2.75, 3.05) is 11.2 Å². The normalized spacial score (nSPS) is 12.6. The van der Waals surface area contributed by atoms with Crippen molar-refractivity contribution in [3.8, 4) is 0 Å². The van der Waals surface area contributed by atoms with Crippen molar-refractivity contribution < 1.29 is 0 Å². The number of rotatable bonds is 5. The number of nitrogens with one attached hydrogen (secondary N) is 1. The second-order valence-electron chi connectivity index (χ2n) is 4.26. The van der Waals surface area contributed by atoms with Gasteiger partial charge in [-0.25, -0.2) is 4.98 Å². The van der Waals surface area contributed by atoms with Gasteiger partial charge in [0.1, 0.15) is 5.82 Å². The number of fused-ring (bicyclic) bond motifs is 1. The van der Waals surface area contributed by atoms with E-state index in [-0.39, 0.29) is 0 Å². The molecule has 1 unspecified atom stereocenters. The minimum atomic E-state index is 0.395. The highest BCUT2D eigenvalue weighted by atomic mass is 35.5. The number of hydrogen-bond donors (Lipinski definition) is 1. The fourth-order valence-electron chi connectivity index (χ4n) is 1.92. The predicted molar refractivity (Wildman–Crippen MR) is 74.8 cm³/mol. The van der Waals surface area contributed by atoms with Crippen LogP contribution in [0.5, 0.6) is 0 Å². The van der Waals surface area contributed by atoms with Gasteiger partial charge >= 0.3 is 0 Å². The van der Waals surface area contributed by atoms with Crippen molar-refractivity contribution >= 4 is 28.2 Å². The van der Waals surface area contributed by atoms with Gasteiger partial charge in [-0.05, 0) is 31.2 Å². The number of anilines is 1. The molecule has 0 aliphatic carbocycles. The molecule has 2 aromatic rings. The average molecular weight is 249 g/mol. The highest BCUT2D eigenvalue weighted by Gasteiger charge is 2.05. The molecule has 0 amide bonds. The van der Waals surface area contributed by atoms with Gasteiger partial charge in [-0.15, -0.1) is 11.6 Å². The summed E-state index contributed by atoms with van der Waals surface area (Å²) in [5, 5.41) is 5.84. The van der Waals surface area contributed by atoms with E-state index in [1.807, 2.05) is 24.4 Å². The van der Waals surface area contributed by atoms with Gasteiger partial charge in [0, 0.05) is 23.5 Å². The van der Waals surface area contributed by atoms with Crippen LogP contribution in [0.1, 0.15) is 19.8 Å². The Hall–Kier alpha value is -1.28. The Morgan fingerprint density at radius 2 is 2.12 bits per heavy atom. The fourth-order valence-corrected chi connectivity index (χ4v) is 2.08. The van der Waals surface area contributed by atoms with E-state index in [0.717, 1.165) is 24.5 Å². The Kier molecular flexibility index (Phi) is 4.21. The SMILES string of the molecule is CC(CCCCl)Nc1nccc2ccccc12. The summed E-state index contributed by atoms with van der Waals surface area (Å²) in [5.74, 6) is 1.68. The molecule has 2 rings (SSSR count). The minimum absolute atomic E-state index is 0.395. The molecule has 1 heterocycles. The molecule has 0 aliphatic rings. The Labute approximate surface area is 107 Å². The van der Waals surface area contributed by atoms with Crippen LogP contribution in [0.4, 0.5) is 5.82 Å². The van der Waals surface area contributed by atoms with E-state index in [4.69, 9.17) is 11.6 Å². The second-order valence-corrected chi connectivity index (χ2v) is 4.64. The monoisotopic (exact) mass is 248 g/mol. The Morgan fingerprint density at radius 1 is 1.29 bits per heavy atom. The smallest absolute Gasteiger partial charge is 0.134 e. The van der Waals surface area contributed by atoms with Crippen LogP contribution in [0, 0.1) is 0 Å². The maximum Gasteiger partial charge on any atom is 0.134 e. The van der Waals surface area contributed by atoms with Gasteiger partial charge in [-0.3, -0.25) is 0 Å². The van der Waals surface area contributed by atoms with Crippen LogP contribution in [0.3, 0.4) is 0 Å². The minimum Gasteiger partial charge on any atom is -0.367 e. The summed E-state index contributed by atoms with van der Waals surface area (Å²) in [6, 6.07) is 10.7. The van der Waals surface area contributed by atoms with Gasteiger partial charge in [0.05, 0.1) is 0 Å². The van der Waals surface area contributed by atoms with E-state index in [2.05, 4.69) is 29.4 Å². The first-order valence-corrected chi connectivity index (χ1v) is 6.51. The fraction of sp³-hybridized carbons (Fsp3) is 0.357. The van der Waals surface area contributed by atoms with Crippen LogP contribution in [0.2, 0.25) is 0 Å². The van der Waals surface area contributed by atoms with E-state index in [1.165, 1.54) is 10.8 Å². The molecule has 1 atom stereocenters. The zero-order valence-corrected chi connectivity index (χ0v) is 10.7. The lowest BCUT2D eigenvalue weighted by molar-refractivity contribution is 0.691. The molecule has 0 saturated carbocycles. The van der Waals surface area contributed by atoms with Gasteiger partial charge < -0.3 is 5.32 Å². The van der Waals surface area contributed by atoms with Crippen molar-refractivity contribution in [3.05, 3.63) is 36.5 Å². The van der Waals surface area contributed by atoms with Gasteiger partial charge in [0.2, 0.25) is 0 Å². The molecular weight excluding hydrogens is 232 g/mol. The molecule has 90 valence electrons. The highest BCUT2D eigenvalue weighted by molar-refractivity contribution is 6.17. The Balaban J connectivity index is 2.18. The first-order valence-electron chi connectivity index (χ1n) is 5.97. The summed E-state index contributed by atoms with van der Waals surface area (Å²) in [7, 11) is 0. The molecule has 0 radical (unpaired) electrons. The molecule has 0 spiro atoms. The standard InChI is InChI=1S/C14H17ClN2/c1-11(5-4-9-15)17-14-13-7-3-2-6-12(13)8-10-16-14/h2-3,6-8,10-11H,4-5,9H2,1H3,(H,16,17). The number of benzene rings is 1.